The fourth-order valence-electron chi connectivity index (χ4n) is 22.6. The molecule has 4 saturated carbocycles. The van der Waals surface area contributed by atoms with E-state index in [-0.39, 0.29) is 82.3 Å². The highest BCUT2D eigenvalue weighted by atomic mass is 32.2. The fourth-order valence-corrected chi connectivity index (χ4v) is 24.3. The van der Waals surface area contributed by atoms with Crippen molar-refractivity contribution in [2.75, 3.05) is 36.2 Å². The zero-order valence-corrected chi connectivity index (χ0v) is 56.3. The molecule has 4 N–H and O–H groups in total. The molecule has 88 heavy (non-hydrogen) atoms. The number of hydrogen-bond donors (Lipinski definition) is 4. The SMILES string of the molecule is C[C@H]1C[C@H]2O[C@]3(CCC4=C(C[C@H]5[C@H]4CC[C@@H]4C[C@H](NS(C)(=O)=O)CC[C@@]45C)[C@@H](C)C3)[C@H](C)[C@@H]2N(C(=O)Nc2ccccc2)C1.C[C@H]1C[C@H]2O[C@]3(CCC4=C(C[C@H]5[C@H]4CC[C@@H]4C[C@H](NS(C)(=O)=O)CC[C@@]45C)[C@@H](C)C3)[C@H](C)[C@@H]2N(C(=O)Nc2ccccc2)C1. The Morgan fingerprint density at radius 3 is 1.27 bits per heavy atom. The van der Waals surface area contributed by atoms with Crippen molar-refractivity contribution in [3.63, 3.8) is 0 Å². The Hall–Kier alpha value is -3.80. The summed E-state index contributed by atoms with van der Waals surface area (Å²) in [4.78, 5) is 31.6. The highest BCUT2D eigenvalue weighted by molar-refractivity contribution is 7.89. The Labute approximate surface area is 528 Å². The number of likely N-dealkylation sites (tertiary alicyclic amines) is 2. The van der Waals surface area contributed by atoms with Crippen LogP contribution in [0.1, 0.15) is 184 Å². The number of nitrogens with zero attached hydrogens (tertiary/aromatic N) is 2. The summed E-state index contributed by atoms with van der Waals surface area (Å²) in [5.41, 5.74) is 8.79. The van der Waals surface area contributed by atoms with Crippen LogP contribution < -0.4 is 20.1 Å². The molecule has 484 valence electrons. The molecule has 0 unspecified atom stereocenters. The number of sulfonamides is 2. The first kappa shape index (κ1) is 63.0. The molecular weight excluding hydrogens is 1140 g/mol. The summed E-state index contributed by atoms with van der Waals surface area (Å²) in [6.07, 6.45) is 24.7. The second kappa shape index (κ2) is 23.6. The maximum atomic E-state index is 13.7. The number of hydrogen-bond acceptors (Lipinski definition) is 8. The van der Waals surface area contributed by atoms with Gasteiger partial charge in [-0.05, 0) is 223 Å². The molecule has 14 rings (SSSR count). The molecule has 0 bridgehead atoms. The Kier molecular flexibility index (Phi) is 16.9. The van der Waals surface area contributed by atoms with Gasteiger partial charge in [0.05, 0.1) is 48.0 Å². The summed E-state index contributed by atoms with van der Waals surface area (Å²) in [5, 5.41) is 6.34. The van der Waals surface area contributed by atoms with Gasteiger partial charge in [0.2, 0.25) is 20.0 Å². The number of para-hydroxylation sites is 2. The van der Waals surface area contributed by atoms with Crippen LogP contribution in [0.3, 0.4) is 0 Å². The van der Waals surface area contributed by atoms with Crippen molar-refractivity contribution >= 4 is 43.5 Å². The molecule has 8 aliphatic carbocycles. The largest absolute Gasteiger partial charge is 0.369 e. The van der Waals surface area contributed by atoms with Gasteiger partial charge in [0.1, 0.15) is 0 Å². The number of anilines is 2. The number of carbonyl (C=O) groups is 2. The summed E-state index contributed by atoms with van der Waals surface area (Å²) >= 11 is 0. The van der Waals surface area contributed by atoms with Crippen molar-refractivity contribution in [2.45, 2.75) is 231 Å². The standard InChI is InChI=1S/2C36H53N3O4S/c2*1-22-17-32-33(39(21-22)34(40)37-26-9-7-6-8-10-26)24(3)36(43-32)16-14-28-29-12-11-25-18-27(38-44(5,41)42)13-15-35(25,4)31(29)19-30(28)23(2)20-36/h2*6-10,22-25,27,29,31-33,38H,11-21H2,1-5H3,(H,37,40)/t2*22-,23-,24+,25+,27+,29-,31-,32+,33-,35-,36-/m00/s1. The summed E-state index contributed by atoms with van der Waals surface area (Å²) in [6.45, 7) is 20.8. The van der Waals surface area contributed by atoms with E-state index < -0.39 is 20.0 Å². The topological polar surface area (TPSA) is 175 Å². The highest BCUT2D eigenvalue weighted by Crippen LogP contribution is 2.67. The van der Waals surface area contributed by atoms with E-state index in [1.165, 1.54) is 51.0 Å². The molecule has 4 aliphatic heterocycles. The minimum absolute atomic E-state index is 0.00171. The molecule has 12 aliphatic rings. The van der Waals surface area contributed by atoms with Gasteiger partial charge in [-0.25, -0.2) is 35.9 Å². The quantitative estimate of drug-likeness (QED) is 0.207. The number of rotatable bonds is 6. The minimum Gasteiger partial charge on any atom is -0.369 e. The van der Waals surface area contributed by atoms with Crippen LogP contribution >= 0.6 is 0 Å². The molecular formula is C72H106N6O8S2. The average Bonchev–Trinajstić information content (AvgIpc) is 1.61. The fraction of sp³-hybridized carbons (Fsp3) is 0.750. The van der Waals surface area contributed by atoms with Crippen molar-refractivity contribution in [2.24, 2.45) is 81.8 Å². The van der Waals surface area contributed by atoms with E-state index in [1.807, 2.05) is 60.7 Å². The molecule has 2 spiro atoms. The van der Waals surface area contributed by atoms with E-state index in [1.54, 1.807) is 22.3 Å². The number of allylic oxidation sites excluding steroid dienone is 4. The molecule has 2 aromatic carbocycles. The van der Waals surface area contributed by atoms with Crippen LogP contribution in [0.25, 0.3) is 0 Å². The minimum atomic E-state index is -3.17. The number of benzene rings is 2. The van der Waals surface area contributed by atoms with Crippen LogP contribution in [0.15, 0.2) is 83.0 Å². The lowest BCUT2D eigenvalue weighted by Gasteiger charge is -2.54. The molecule has 0 aromatic heterocycles. The first-order valence-corrected chi connectivity index (χ1v) is 38.5. The number of carbonyl (C=O) groups excluding carboxylic acids is 2. The van der Waals surface area contributed by atoms with Gasteiger partial charge >= 0.3 is 12.1 Å². The van der Waals surface area contributed by atoms with E-state index in [0.29, 0.717) is 59.2 Å². The number of ether oxygens (including phenoxy) is 2. The Bertz CT molecular complexity index is 3040. The molecule has 4 heterocycles. The summed E-state index contributed by atoms with van der Waals surface area (Å²) in [5.74, 6) is 6.23. The molecule has 2 aromatic rings. The van der Waals surface area contributed by atoms with Crippen molar-refractivity contribution in [1.82, 2.24) is 19.2 Å². The second-order valence-electron chi connectivity index (χ2n) is 32.0. The smallest absolute Gasteiger partial charge is 0.322 e. The van der Waals surface area contributed by atoms with Gasteiger partial charge in [-0.1, -0.05) is 114 Å². The predicted molar refractivity (Wildman–Crippen MR) is 349 cm³/mol. The zero-order valence-electron chi connectivity index (χ0n) is 54.7. The lowest BCUT2D eigenvalue weighted by molar-refractivity contribution is -0.0848. The molecule has 22 atom stereocenters. The van der Waals surface area contributed by atoms with Crippen LogP contribution in [0.5, 0.6) is 0 Å². The van der Waals surface area contributed by atoms with Gasteiger partial charge in [0.15, 0.2) is 0 Å². The molecule has 8 fully saturated rings. The number of urea groups is 2. The van der Waals surface area contributed by atoms with Crippen LogP contribution in [0, 0.1) is 81.8 Å². The first-order valence-electron chi connectivity index (χ1n) is 34.7. The lowest BCUT2D eigenvalue weighted by Crippen LogP contribution is -2.55. The van der Waals surface area contributed by atoms with Crippen molar-refractivity contribution in [1.29, 1.82) is 0 Å². The first-order chi connectivity index (χ1) is 41.7. The zero-order chi connectivity index (χ0) is 62.0. The molecule has 4 amide bonds. The van der Waals surface area contributed by atoms with Crippen LogP contribution in [0.4, 0.5) is 21.0 Å². The van der Waals surface area contributed by atoms with Gasteiger partial charge in [-0.15, -0.1) is 0 Å². The van der Waals surface area contributed by atoms with Gasteiger partial charge < -0.3 is 29.9 Å². The van der Waals surface area contributed by atoms with Crippen molar-refractivity contribution in [3.05, 3.63) is 83.0 Å². The van der Waals surface area contributed by atoms with Crippen molar-refractivity contribution in [3.8, 4) is 0 Å². The van der Waals surface area contributed by atoms with Crippen LogP contribution in [-0.2, 0) is 29.5 Å². The number of piperidine rings is 2. The van der Waals surface area contributed by atoms with E-state index in [2.05, 4.69) is 85.3 Å². The van der Waals surface area contributed by atoms with E-state index in [0.717, 1.165) is 114 Å². The maximum absolute atomic E-state index is 13.7. The van der Waals surface area contributed by atoms with Gasteiger partial charge in [-0.2, -0.15) is 0 Å². The Balaban J connectivity index is 0.000000162. The third-order valence-electron chi connectivity index (χ3n) is 26.7. The van der Waals surface area contributed by atoms with Gasteiger partial charge in [-0.3, -0.25) is 0 Å². The number of fused-ring (bicyclic) bond motifs is 10. The predicted octanol–water partition coefficient (Wildman–Crippen LogP) is 13.9. The summed E-state index contributed by atoms with van der Waals surface area (Å²) in [7, 11) is -6.34. The maximum Gasteiger partial charge on any atom is 0.322 e. The Morgan fingerprint density at radius 1 is 0.511 bits per heavy atom. The molecule has 16 heteroatoms. The number of amides is 4. The monoisotopic (exact) mass is 1250 g/mol. The molecule has 0 radical (unpaired) electrons. The summed E-state index contributed by atoms with van der Waals surface area (Å²) in [6, 6.07) is 20.0. The van der Waals surface area contributed by atoms with Gasteiger partial charge in [0.25, 0.3) is 0 Å². The third kappa shape index (κ3) is 11.6. The summed E-state index contributed by atoms with van der Waals surface area (Å²) < 4.78 is 68.1. The highest BCUT2D eigenvalue weighted by Gasteiger charge is 2.63. The lowest BCUT2D eigenvalue weighted by atomic mass is 9.51. The van der Waals surface area contributed by atoms with Crippen LogP contribution in [-0.4, -0.2) is 112 Å². The van der Waals surface area contributed by atoms with Crippen molar-refractivity contribution < 1.29 is 35.9 Å². The molecule has 4 saturated heterocycles. The van der Waals surface area contributed by atoms with Crippen LogP contribution in [0.2, 0.25) is 0 Å². The number of nitrogens with one attached hydrogen (secondary N) is 4. The Morgan fingerprint density at radius 2 is 0.898 bits per heavy atom. The molecule has 14 nitrogen and oxygen atoms in total. The second-order valence-corrected chi connectivity index (χ2v) is 35.6. The van der Waals surface area contributed by atoms with E-state index in [4.69, 9.17) is 9.47 Å². The van der Waals surface area contributed by atoms with Gasteiger partial charge in [0, 0.05) is 48.4 Å². The van der Waals surface area contributed by atoms with E-state index in [9.17, 15) is 26.4 Å². The average molecular weight is 1250 g/mol. The van der Waals surface area contributed by atoms with E-state index >= 15 is 0 Å². The third-order valence-corrected chi connectivity index (χ3v) is 28.2. The normalized spacial score (nSPS) is 43.6.